The Balaban J connectivity index is 2.04. The zero-order valence-electron chi connectivity index (χ0n) is 10.7. The number of aryl methyl sites for hydroxylation is 1. The lowest BCUT2D eigenvalue weighted by atomic mass is 9.99. The van der Waals surface area contributed by atoms with Gasteiger partial charge in [-0.15, -0.1) is 0 Å². The van der Waals surface area contributed by atoms with E-state index in [1.807, 2.05) is 17.3 Å². The number of rotatable bonds is 4. The SMILES string of the molecule is CCCc1cnc(N2CCCC(C(=O)O)C2)nc1. The third-order valence-electron chi connectivity index (χ3n) is 3.28. The monoisotopic (exact) mass is 249 g/mol. The molecule has 18 heavy (non-hydrogen) atoms. The molecule has 0 spiro atoms. The highest BCUT2D eigenvalue weighted by molar-refractivity contribution is 5.71. The van der Waals surface area contributed by atoms with Crippen LogP contribution in [-0.4, -0.2) is 34.1 Å². The molecule has 1 unspecified atom stereocenters. The first-order valence-corrected chi connectivity index (χ1v) is 6.49. The minimum atomic E-state index is -0.720. The molecule has 1 aromatic rings. The number of aliphatic carboxylic acids is 1. The van der Waals surface area contributed by atoms with Gasteiger partial charge in [0.25, 0.3) is 0 Å². The van der Waals surface area contributed by atoms with Crippen molar-refractivity contribution in [3.05, 3.63) is 18.0 Å². The first-order chi connectivity index (χ1) is 8.70. The third-order valence-corrected chi connectivity index (χ3v) is 3.28. The van der Waals surface area contributed by atoms with Crippen LogP contribution in [-0.2, 0) is 11.2 Å². The predicted octanol–water partition coefficient (Wildman–Crippen LogP) is 1.73. The van der Waals surface area contributed by atoms with Gasteiger partial charge in [0.2, 0.25) is 5.95 Å². The Labute approximate surface area is 107 Å². The number of hydrogen-bond acceptors (Lipinski definition) is 4. The molecule has 1 aliphatic rings. The Morgan fingerprint density at radius 1 is 1.50 bits per heavy atom. The number of anilines is 1. The van der Waals surface area contributed by atoms with Gasteiger partial charge in [0, 0.05) is 25.5 Å². The van der Waals surface area contributed by atoms with Gasteiger partial charge in [0.05, 0.1) is 5.92 Å². The molecule has 2 rings (SSSR count). The van der Waals surface area contributed by atoms with Crippen LogP contribution in [0, 0.1) is 5.92 Å². The molecule has 0 amide bonds. The van der Waals surface area contributed by atoms with E-state index in [0.29, 0.717) is 12.5 Å². The Kier molecular flexibility index (Phi) is 4.12. The molecule has 5 heteroatoms. The maximum Gasteiger partial charge on any atom is 0.308 e. The molecule has 0 radical (unpaired) electrons. The highest BCUT2D eigenvalue weighted by Crippen LogP contribution is 2.20. The summed E-state index contributed by atoms with van der Waals surface area (Å²) in [7, 11) is 0. The molecule has 1 aliphatic heterocycles. The van der Waals surface area contributed by atoms with Crippen molar-refractivity contribution in [2.45, 2.75) is 32.6 Å². The molecule has 1 N–H and O–H groups in total. The molecular formula is C13H19N3O2. The largest absolute Gasteiger partial charge is 0.481 e. The van der Waals surface area contributed by atoms with Gasteiger partial charge in [-0.25, -0.2) is 9.97 Å². The zero-order chi connectivity index (χ0) is 13.0. The average Bonchev–Trinajstić information content (AvgIpc) is 2.40. The van der Waals surface area contributed by atoms with Crippen LogP contribution < -0.4 is 4.90 Å². The molecule has 1 atom stereocenters. The standard InChI is InChI=1S/C13H19N3O2/c1-2-4-10-7-14-13(15-8-10)16-6-3-5-11(9-16)12(17)18/h7-8,11H,2-6,9H2,1H3,(H,17,18). The lowest BCUT2D eigenvalue weighted by molar-refractivity contribution is -0.141. The van der Waals surface area contributed by atoms with Gasteiger partial charge >= 0.3 is 5.97 Å². The molecule has 5 nitrogen and oxygen atoms in total. The zero-order valence-corrected chi connectivity index (χ0v) is 10.7. The Hall–Kier alpha value is -1.65. The van der Waals surface area contributed by atoms with Crippen LogP contribution in [0.1, 0.15) is 31.7 Å². The summed E-state index contributed by atoms with van der Waals surface area (Å²) in [6.45, 7) is 3.48. The van der Waals surface area contributed by atoms with Crippen LogP contribution in [0.25, 0.3) is 0 Å². The highest BCUT2D eigenvalue weighted by Gasteiger charge is 2.26. The van der Waals surface area contributed by atoms with E-state index in [2.05, 4.69) is 16.9 Å². The van der Waals surface area contributed by atoms with Crippen LogP contribution in [0.3, 0.4) is 0 Å². The lowest BCUT2D eigenvalue weighted by Gasteiger charge is -2.30. The molecule has 1 fully saturated rings. The van der Waals surface area contributed by atoms with E-state index in [9.17, 15) is 4.79 Å². The fourth-order valence-corrected chi connectivity index (χ4v) is 2.29. The molecule has 0 saturated carbocycles. The minimum absolute atomic E-state index is 0.294. The summed E-state index contributed by atoms with van der Waals surface area (Å²) >= 11 is 0. The van der Waals surface area contributed by atoms with Crippen molar-refractivity contribution in [1.29, 1.82) is 0 Å². The second kappa shape index (κ2) is 5.80. The van der Waals surface area contributed by atoms with Crippen molar-refractivity contribution in [2.75, 3.05) is 18.0 Å². The highest BCUT2D eigenvalue weighted by atomic mass is 16.4. The van der Waals surface area contributed by atoms with E-state index in [1.54, 1.807) is 0 Å². The molecule has 98 valence electrons. The van der Waals surface area contributed by atoms with Crippen LogP contribution in [0.15, 0.2) is 12.4 Å². The number of carboxylic acids is 1. The predicted molar refractivity (Wildman–Crippen MR) is 68.6 cm³/mol. The first-order valence-electron chi connectivity index (χ1n) is 6.49. The minimum Gasteiger partial charge on any atom is -0.481 e. The molecule has 1 aromatic heterocycles. The summed E-state index contributed by atoms with van der Waals surface area (Å²) in [5, 5.41) is 9.05. The summed E-state index contributed by atoms with van der Waals surface area (Å²) in [5.41, 5.74) is 1.13. The fourth-order valence-electron chi connectivity index (χ4n) is 2.29. The second-order valence-corrected chi connectivity index (χ2v) is 4.76. The van der Waals surface area contributed by atoms with Crippen molar-refractivity contribution in [1.82, 2.24) is 9.97 Å². The van der Waals surface area contributed by atoms with Gasteiger partial charge in [-0.3, -0.25) is 4.79 Å². The number of carboxylic acid groups (broad SMARTS) is 1. The number of nitrogens with zero attached hydrogens (tertiary/aromatic N) is 3. The van der Waals surface area contributed by atoms with Crippen molar-refractivity contribution < 1.29 is 9.90 Å². The summed E-state index contributed by atoms with van der Waals surface area (Å²) in [4.78, 5) is 21.6. The quantitative estimate of drug-likeness (QED) is 0.880. The lowest BCUT2D eigenvalue weighted by Crippen LogP contribution is -2.39. The Morgan fingerprint density at radius 3 is 2.83 bits per heavy atom. The average molecular weight is 249 g/mol. The van der Waals surface area contributed by atoms with E-state index in [-0.39, 0.29) is 5.92 Å². The molecule has 2 heterocycles. The van der Waals surface area contributed by atoms with Crippen molar-refractivity contribution in [2.24, 2.45) is 5.92 Å². The van der Waals surface area contributed by atoms with E-state index in [0.717, 1.165) is 37.8 Å². The maximum atomic E-state index is 11.0. The van der Waals surface area contributed by atoms with Crippen molar-refractivity contribution in [3.8, 4) is 0 Å². The smallest absolute Gasteiger partial charge is 0.308 e. The number of hydrogen-bond donors (Lipinski definition) is 1. The van der Waals surface area contributed by atoms with E-state index in [4.69, 9.17) is 5.11 Å². The Morgan fingerprint density at radius 2 is 2.22 bits per heavy atom. The van der Waals surface area contributed by atoms with Gasteiger partial charge in [0.15, 0.2) is 0 Å². The molecule has 0 aliphatic carbocycles. The van der Waals surface area contributed by atoms with Gasteiger partial charge in [0.1, 0.15) is 0 Å². The second-order valence-electron chi connectivity index (χ2n) is 4.76. The van der Waals surface area contributed by atoms with Crippen molar-refractivity contribution in [3.63, 3.8) is 0 Å². The van der Waals surface area contributed by atoms with Crippen LogP contribution in [0.5, 0.6) is 0 Å². The number of carbonyl (C=O) groups is 1. The van der Waals surface area contributed by atoms with Crippen LogP contribution in [0.2, 0.25) is 0 Å². The molecule has 0 aromatic carbocycles. The van der Waals surface area contributed by atoms with E-state index >= 15 is 0 Å². The molecular weight excluding hydrogens is 230 g/mol. The van der Waals surface area contributed by atoms with Gasteiger partial charge in [-0.2, -0.15) is 0 Å². The number of aromatic nitrogens is 2. The summed E-state index contributed by atoms with van der Waals surface area (Å²) in [6, 6.07) is 0. The van der Waals surface area contributed by atoms with Crippen molar-refractivity contribution >= 4 is 11.9 Å². The maximum absolute atomic E-state index is 11.0. The fraction of sp³-hybridized carbons (Fsp3) is 0.615. The van der Waals surface area contributed by atoms with Gasteiger partial charge in [-0.05, 0) is 24.8 Å². The summed E-state index contributed by atoms with van der Waals surface area (Å²) in [5.74, 6) is -0.360. The van der Waals surface area contributed by atoms with Crippen LogP contribution >= 0.6 is 0 Å². The van der Waals surface area contributed by atoms with Crippen LogP contribution in [0.4, 0.5) is 5.95 Å². The van der Waals surface area contributed by atoms with E-state index in [1.165, 1.54) is 0 Å². The number of piperidine rings is 1. The summed E-state index contributed by atoms with van der Waals surface area (Å²) < 4.78 is 0. The summed E-state index contributed by atoms with van der Waals surface area (Å²) in [6.07, 6.45) is 7.38. The van der Waals surface area contributed by atoms with Gasteiger partial charge < -0.3 is 10.0 Å². The Bertz CT molecular complexity index is 405. The van der Waals surface area contributed by atoms with E-state index < -0.39 is 5.97 Å². The molecule has 1 saturated heterocycles. The normalized spacial score (nSPS) is 19.8. The third kappa shape index (κ3) is 2.97. The topological polar surface area (TPSA) is 66.3 Å². The van der Waals surface area contributed by atoms with Gasteiger partial charge in [-0.1, -0.05) is 13.3 Å². The molecule has 0 bridgehead atoms. The first kappa shape index (κ1) is 12.8.